The molecule has 0 unspecified atom stereocenters. The van der Waals surface area contributed by atoms with Crippen molar-refractivity contribution < 1.29 is 0 Å². The highest BCUT2D eigenvalue weighted by molar-refractivity contribution is 6.35. The number of aromatic nitrogens is 5. The van der Waals surface area contributed by atoms with Gasteiger partial charge in [-0.3, -0.25) is 0 Å². The lowest BCUT2D eigenvalue weighted by molar-refractivity contribution is 0.847. The molecule has 0 radical (unpaired) electrons. The molecule has 3 aromatic heterocycles. The first-order valence-electron chi connectivity index (χ1n) is 6.04. The van der Waals surface area contributed by atoms with Gasteiger partial charge in [-0.15, -0.1) is 0 Å². The first kappa shape index (κ1) is 13.8. The SMILES string of the molecule is Cc1ccnc(Nc2cnn(-c3ncc(Cl)cc3Cl)c2)n1. The fourth-order valence-corrected chi connectivity index (χ4v) is 2.18. The largest absolute Gasteiger partial charge is 0.321 e. The average Bonchev–Trinajstić information content (AvgIpc) is 2.87. The first-order valence-corrected chi connectivity index (χ1v) is 6.80. The Balaban J connectivity index is 1.86. The lowest BCUT2D eigenvalue weighted by atomic mass is 10.4. The maximum atomic E-state index is 6.10. The van der Waals surface area contributed by atoms with E-state index in [0.29, 0.717) is 21.8 Å². The van der Waals surface area contributed by atoms with Gasteiger partial charge in [-0.2, -0.15) is 5.10 Å². The molecule has 0 aliphatic rings. The Morgan fingerprint density at radius 3 is 2.81 bits per heavy atom. The fraction of sp³-hybridized carbons (Fsp3) is 0.0769. The van der Waals surface area contributed by atoms with Crippen LogP contribution in [0.5, 0.6) is 0 Å². The zero-order chi connectivity index (χ0) is 14.8. The summed E-state index contributed by atoms with van der Waals surface area (Å²) < 4.78 is 1.55. The molecule has 0 aliphatic heterocycles. The van der Waals surface area contributed by atoms with Crippen molar-refractivity contribution in [3.8, 4) is 5.82 Å². The molecular formula is C13H10Cl2N6. The molecular weight excluding hydrogens is 311 g/mol. The van der Waals surface area contributed by atoms with Crippen molar-refractivity contribution in [2.24, 2.45) is 0 Å². The summed E-state index contributed by atoms with van der Waals surface area (Å²) in [5, 5.41) is 8.16. The van der Waals surface area contributed by atoms with Gasteiger partial charge in [0, 0.05) is 18.1 Å². The Hall–Kier alpha value is -2.18. The van der Waals surface area contributed by atoms with E-state index in [1.165, 1.54) is 6.20 Å². The van der Waals surface area contributed by atoms with Crippen LogP contribution in [-0.2, 0) is 0 Å². The molecule has 0 spiro atoms. The number of halogens is 2. The summed E-state index contributed by atoms with van der Waals surface area (Å²) in [5.41, 5.74) is 1.61. The quantitative estimate of drug-likeness (QED) is 0.800. The smallest absolute Gasteiger partial charge is 0.227 e. The Kier molecular flexibility index (Phi) is 3.72. The van der Waals surface area contributed by atoms with Crippen LogP contribution in [0.3, 0.4) is 0 Å². The summed E-state index contributed by atoms with van der Waals surface area (Å²) in [6.07, 6.45) is 6.58. The molecule has 3 rings (SSSR count). The van der Waals surface area contributed by atoms with Gasteiger partial charge < -0.3 is 5.32 Å². The lowest BCUT2D eigenvalue weighted by Gasteiger charge is -2.03. The number of anilines is 2. The summed E-state index contributed by atoms with van der Waals surface area (Å²) >= 11 is 11.9. The molecule has 0 atom stereocenters. The lowest BCUT2D eigenvalue weighted by Crippen LogP contribution is -1.99. The van der Waals surface area contributed by atoms with Crippen molar-refractivity contribution in [1.82, 2.24) is 24.7 Å². The van der Waals surface area contributed by atoms with Gasteiger partial charge in [0.2, 0.25) is 5.95 Å². The number of pyridine rings is 1. The molecule has 8 heteroatoms. The Morgan fingerprint density at radius 1 is 1.19 bits per heavy atom. The van der Waals surface area contributed by atoms with Crippen molar-refractivity contribution in [1.29, 1.82) is 0 Å². The van der Waals surface area contributed by atoms with Crippen LogP contribution in [0, 0.1) is 6.92 Å². The summed E-state index contributed by atoms with van der Waals surface area (Å²) in [4.78, 5) is 12.5. The van der Waals surface area contributed by atoms with Crippen LogP contribution in [0.1, 0.15) is 5.69 Å². The van der Waals surface area contributed by atoms with E-state index < -0.39 is 0 Å². The molecule has 6 nitrogen and oxygen atoms in total. The van der Waals surface area contributed by atoms with E-state index in [0.717, 1.165) is 11.4 Å². The van der Waals surface area contributed by atoms with Crippen LogP contribution in [0.4, 0.5) is 11.6 Å². The van der Waals surface area contributed by atoms with Gasteiger partial charge in [-0.1, -0.05) is 23.2 Å². The summed E-state index contributed by atoms with van der Waals surface area (Å²) in [5.74, 6) is 1.00. The molecule has 0 amide bonds. The van der Waals surface area contributed by atoms with Crippen LogP contribution < -0.4 is 5.32 Å². The maximum absolute atomic E-state index is 6.10. The molecule has 0 saturated carbocycles. The normalized spacial score (nSPS) is 10.6. The number of aryl methyl sites for hydroxylation is 1. The van der Waals surface area contributed by atoms with Crippen LogP contribution in [-0.4, -0.2) is 24.7 Å². The minimum atomic E-state index is 0.420. The van der Waals surface area contributed by atoms with Gasteiger partial charge >= 0.3 is 0 Å². The van der Waals surface area contributed by atoms with E-state index in [2.05, 4.69) is 25.4 Å². The van der Waals surface area contributed by atoms with E-state index in [-0.39, 0.29) is 0 Å². The van der Waals surface area contributed by atoms with Crippen molar-refractivity contribution in [2.45, 2.75) is 6.92 Å². The Morgan fingerprint density at radius 2 is 2.05 bits per heavy atom. The number of nitrogens with zero attached hydrogens (tertiary/aromatic N) is 5. The molecule has 3 heterocycles. The van der Waals surface area contributed by atoms with Crippen LogP contribution in [0.25, 0.3) is 5.82 Å². The highest BCUT2D eigenvalue weighted by atomic mass is 35.5. The molecule has 0 fully saturated rings. The second-order valence-corrected chi connectivity index (χ2v) is 5.12. The summed E-state index contributed by atoms with van der Waals surface area (Å²) in [7, 11) is 0. The van der Waals surface area contributed by atoms with E-state index in [1.54, 1.807) is 29.3 Å². The number of nitrogens with one attached hydrogen (secondary N) is 1. The van der Waals surface area contributed by atoms with Crippen molar-refractivity contribution in [3.05, 3.63) is 52.7 Å². The standard InChI is InChI=1S/C13H10Cl2N6/c1-8-2-3-16-13(19-8)20-10-6-18-21(7-10)12-11(15)4-9(14)5-17-12/h2-7H,1H3,(H,16,19,20). The minimum Gasteiger partial charge on any atom is -0.321 e. The van der Waals surface area contributed by atoms with Crippen LogP contribution in [0.15, 0.2) is 36.9 Å². The van der Waals surface area contributed by atoms with Gasteiger partial charge in [0.15, 0.2) is 5.82 Å². The van der Waals surface area contributed by atoms with Gasteiger partial charge in [0.05, 0.1) is 28.1 Å². The van der Waals surface area contributed by atoms with E-state index in [1.807, 2.05) is 13.0 Å². The van der Waals surface area contributed by atoms with Gasteiger partial charge in [-0.25, -0.2) is 19.6 Å². The second kappa shape index (κ2) is 5.67. The summed E-state index contributed by atoms with van der Waals surface area (Å²) in [6, 6.07) is 3.44. The van der Waals surface area contributed by atoms with Gasteiger partial charge in [0.25, 0.3) is 0 Å². The van der Waals surface area contributed by atoms with Crippen LogP contribution in [0.2, 0.25) is 10.0 Å². The first-order chi connectivity index (χ1) is 10.1. The molecule has 3 aromatic rings. The maximum Gasteiger partial charge on any atom is 0.227 e. The number of rotatable bonds is 3. The van der Waals surface area contributed by atoms with Crippen molar-refractivity contribution in [3.63, 3.8) is 0 Å². The molecule has 0 bridgehead atoms. The monoisotopic (exact) mass is 320 g/mol. The van der Waals surface area contributed by atoms with Crippen LogP contribution >= 0.6 is 23.2 Å². The zero-order valence-electron chi connectivity index (χ0n) is 11.0. The third-order valence-corrected chi connectivity index (χ3v) is 3.12. The second-order valence-electron chi connectivity index (χ2n) is 4.28. The van der Waals surface area contributed by atoms with E-state index >= 15 is 0 Å². The molecule has 0 aliphatic carbocycles. The van der Waals surface area contributed by atoms with E-state index in [4.69, 9.17) is 23.2 Å². The zero-order valence-corrected chi connectivity index (χ0v) is 12.5. The summed E-state index contributed by atoms with van der Waals surface area (Å²) in [6.45, 7) is 1.90. The van der Waals surface area contributed by atoms with E-state index in [9.17, 15) is 0 Å². The predicted octanol–water partition coefficient (Wildman–Crippen LogP) is 3.42. The van der Waals surface area contributed by atoms with Crippen molar-refractivity contribution in [2.75, 3.05) is 5.32 Å². The molecule has 0 saturated heterocycles. The minimum absolute atomic E-state index is 0.420. The Bertz CT molecular complexity index is 786. The van der Waals surface area contributed by atoms with Gasteiger partial charge in [0.1, 0.15) is 0 Å². The molecule has 1 N–H and O–H groups in total. The molecule has 106 valence electrons. The average molecular weight is 321 g/mol. The number of hydrogen-bond acceptors (Lipinski definition) is 5. The highest BCUT2D eigenvalue weighted by Crippen LogP contribution is 2.22. The third kappa shape index (κ3) is 3.12. The molecule has 0 aromatic carbocycles. The topological polar surface area (TPSA) is 68.5 Å². The molecule has 21 heavy (non-hydrogen) atoms. The third-order valence-electron chi connectivity index (χ3n) is 2.64. The number of hydrogen-bond donors (Lipinski definition) is 1. The predicted molar refractivity (Wildman–Crippen MR) is 81.4 cm³/mol. The van der Waals surface area contributed by atoms with Crippen molar-refractivity contribution >= 4 is 34.8 Å². The fourth-order valence-electron chi connectivity index (χ4n) is 1.72. The van der Waals surface area contributed by atoms with Gasteiger partial charge in [-0.05, 0) is 19.1 Å². The Labute approximate surface area is 130 Å². The highest BCUT2D eigenvalue weighted by Gasteiger charge is 2.08.